The fourth-order valence-corrected chi connectivity index (χ4v) is 1.93. The van der Waals surface area contributed by atoms with E-state index < -0.39 is 0 Å². The number of rotatable bonds is 4. The summed E-state index contributed by atoms with van der Waals surface area (Å²) in [5.74, 6) is 0.348. The number of ether oxygens (including phenoxy) is 1. The molecule has 0 saturated carbocycles. The summed E-state index contributed by atoms with van der Waals surface area (Å²) in [6.45, 7) is 2.13. The minimum atomic E-state index is -0.358. The fourth-order valence-electron chi connectivity index (χ4n) is 1.93. The molecule has 1 aromatic carbocycles. The minimum absolute atomic E-state index is 0.358. The van der Waals surface area contributed by atoms with Gasteiger partial charge in [-0.25, -0.2) is 9.78 Å². The Morgan fingerprint density at radius 2 is 1.95 bits per heavy atom. The van der Waals surface area contributed by atoms with Crippen LogP contribution in [0.1, 0.15) is 22.8 Å². The van der Waals surface area contributed by atoms with E-state index in [4.69, 9.17) is 4.74 Å². The van der Waals surface area contributed by atoms with Gasteiger partial charge < -0.3 is 9.64 Å². The first-order chi connectivity index (χ1) is 9.65. The van der Waals surface area contributed by atoms with E-state index >= 15 is 0 Å². The van der Waals surface area contributed by atoms with Crippen molar-refractivity contribution in [2.24, 2.45) is 0 Å². The van der Waals surface area contributed by atoms with Crippen molar-refractivity contribution in [1.29, 1.82) is 0 Å². The van der Waals surface area contributed by atoms with E-state index in [2.05, 4.69) is 24.0 Å². The van der Waals surface area contributed by atoms with Crippen LogP contribution in [0.4, 0.5) is 11.5 Å². The number of pyridine rings is 1. The number of carbonyl (C=O) groups excluding carboxylic acids is 1. The Morgan fingerprint density at radius 3 is 2.55 bits per heavy atom. The molecule has 2 rings (SSSR count). The first-order valence-electron chi connectivity index (χ1n) is 6.52. The summed E-state index contributed by atoms with van der Waals surface area (Å²) in [6, 6.07) is 11.6. The normalized spacial score (nSPS) is 10.2. The summed E-state index contributed by atoms with van der Waals surface area (Å²) in [5, 5.41) is 0. The number of anilines is 2. The fraction of sp³-hybridized carbons (Fsp3) is 0.250. The van der Waals surface area contributed by atoms with Gasteiger partial charge in [0.1, 0.15) is 5.82 Å². The van der Waals surface area contributed by atoms with E-state index in [-0.39, 0.29) is 5.97 Å². The van der Waals surface area contributed by atoms with Gasteiger partial charge >= 0.3 is 5.97 Å². The average molecular weight is 270 g/mol. The highest BCUT2D eigenvalue weighted by molar-refractivity contribution is 5.90. The Bertz CT molecular complexity index is 594. The number of aromatic nitrogens is 1. The van der Waals surface area contributed by atoms with Crippen LogP contribution in [0, 0.1) is 0 Å². The maximum atomic E-state index is 11.5. The highest BCUT2D eigenvalue weighted by atomic mass is 16.5. The Hall–Kier alpha value is -2.36. The van der Waals surface area contributed by atoms with E-state index in [0.29, 0.717) is 11.4 Å². The highest BCUT2D eigenvalue weighted by Gasteiger charge is 2.10. The lowest BCUT2D eigenvalue weighted by molar-refractivity contribution is 0.0600. The van der Waals surface area contributed by atoms with Crippen molar-refractivity contribution >= 4 is 17.5 Å². The molecule has 0 aliphatic heterocycles. The largest absolute Gasteiger partial charge is 0.465 e. The van der Waals surface area contributed by atoms with Crippen LogP contribution in [0.5, 0.6) is 0 Å². The van der Waals surface area contributed by atoms with Crippen LogP contribution < -0.4 is 4.90 Å². The van der Waals surface area contributed by atoms with Gasteiger partial charge in [-0.15, -0.1) is 0 Å². The molecule has 4 nitrogen and oxygen atoms in total. The number of hydrogen-bond donors (Lipinski definition) is 0. The van der Waals surface area contributed by atoms with Gasteiger partial charge in [-0.05, 0) is 36.2 Å². The van der Waals surface area contributed by atoms with Crippen molar-refractivity contribution in [2.75, 3.05) is 19.1 Å². The summed E-state index contributed by atoms with van der Waals surface area (Å²) in [5.41, 5.74) is 2.81. The zero-order valence-electron chi connectivity index (χ0n) is 12.0. The topological polar surface area (TPSA) is 42.4 Å². The van der Waals surface area contributed by atoms with Gasteiger partial charge in [-0.3, -0.25) is 0 Å². The molecule has 0 fully saturated rings. The third-order valence-corrected chi connectivity index (χ3v) is 3.24. The van der Waals surface area contributed by atoms with Crippen molar-refractivity contribution in [3.8, 4) is 0 Å². The van der Waals surface area contributed by atoms with E-state index in [9.17, 15) is 4.79 Å². The zero-order chi connectivity index (χ0) is 14.5. The lowest BCUT2D eigenvalue weighted by Crippen LogP contribution is -2.12. The van der Waals surface area contributed by atoms with Gasteiger partial charge in [0.25, 0.3) is 0 Å². The number of methoxy groups -OCH3 is 1. The quantitative estimate of drug-likeness (QED) is 0.800. The van der Waals surface area contributed by atoms with Crippen LogP contribution in [0.25, 0.3) is 0 Å². The van der Waals surface area contributed by atoms with Gasteiger partial charge in [0.2, 0.25) is 0 Å². The van der Waals surface area contributed by atoms with Gasteiger partial charge in [-0.2, -0.15) is 0 Å². The Labute approximate surface area is 119 Å². The molecule has 20 heavy (non-hydrogen) atoms. The molecule has 0 atom stereocenters. The van der Waals surface area contributed by atoms with Crippen LogP contribution >= 0.6 is 0 Å². The molecule has 0 radical (unpaired) electrons. The number of nitrogens with zero attached hydrogens (tertiary/aromatic N) is 2. The molecule has 0 aliphatic carbocycles. The van der Waals surface area contributed by atoms with Crippen molar-refractivity contribution < 1.29 is 9.53 Å². The number of esters is 1. The third-order valence-electron chi connectivity index (χ3n) is 3.24. The molecule has 2 aromatic rings. The molecule has 0 unspecified atom stereocenters. The molecule has 0 bridgehead atoms. The van der Waals surface area contributed by atoms with Gasteiger partial charge in [0.05, 0.1) is 12.7 Å². The van der Waals surface area contributed by atoms with Crippen molar-refractivity contribution in [3.63, 3.8) is 0 Å². The maximum absolute atomic E-state index is 11.5. The van der Waals surface area contributed by atoms with Crippen LogP contribution in [0.3, 0.4) is 0 Å². The summed E-state index contributed by atoms with van der Waals surface area (Å²) >= 11 is 0. The molecular weight excluding hydrogens is 252 g/mol. The van der Waals surface area contributed by atoms with Crippen molar-refractivity contribution in [3.05, 3.63) is 53.7 Å². The van der Waals surface area contributed by atoms with E-state index in [1.807, 2.05) is 24.1 Å². The van der Waals surface area contributed by atoms with Gasteiger partial charge in [0, 0.05) is 18.9 Å². The maximum Gasteiger partial charge on any atom is 0.338 e. The second-order valence-electron chi connectivity index (χ2n) is 4.47. The summed E-state index contributed by atoms with van der Waals surface area (Å²) < 4.78 is 4.72. The molecule has 0 aliphatic rings. The van der Waals surface area contributed by atoms with Crippen LogP contribution in [-0.4, -0.2) is 25.1 Å². The van der Waals surface area contributed by atoms with Crippen LogP contribution in [0.15, 0.2) is 42.6 Å². The molecule has 0 N–H and O–H groups in total. The predicted molar refractivity (Wildman–Crippen MR) is 79.5 cm³/mol. The smallest absolute Gasteiger partial charge is 0.338 e. The molecule has 0 spiro atoms. The van der Waals surface area contributed by atoms with Gasteiger partial charge in [-0.1, -0.05) is 19.1 Å². The third kappa shape index (κ3) is 2.96. The lowest BCUT2D eigenvalue weighted by atomic mass is 10.1. The molecular formula is C16H18N2O2. The average Bonchev–Trinajstić information content (AvgIpc) is 2.53. The first-order valence-corrected chi connectivity index (χ1v) is 6.52. The Balaban J connectivity index is 2.27. The van der Waals surface area contributed by atoms with E-state index in [1.54, 1.807) is 18.3 Å². The lowest BCUT2D eigenvalue weighted by Gasteiger charge is -2.19. The second-order valence-corrected chi connectivity index (χ2v) is 4.47. The van der Waals surface area contributed by atoms with Crippen LogP contribution in [-0.2, 0) is 11.2 Å². The first kappa shape index (κ1) is 14.1. The zero-order valence-corrected chi connectivity index (χ0v) is 12.0. The SMILES string of the molecule is CCc1ccc(N(C)c2cc(C(=O)OC)ccn2)cc1. The molecule has 1 aromatic heterocycles. The Morgan fingerprint density at radius 1 is 1.25 bits per heavy atom. The van der Waals surface area contributed by atoms with Crippen LogP contribution in [0.2, 0.25) is 0 Å². The second kappa shape index (κ2) is 6.19. The van der Waals surface area contributed by atoms with Crippen molar-refractivity contribution in [1.82, 2.24) is 4.98 Å². The summed E-state index contributed by atoms with van der Waals surface area (Å²) in [4.78, 5) is 17.8. The van der Waals surface area contributed by atoms with E-state index in [0.717, 1.165) is 12.1 Å². The Kier molecular flexibility index (Phi) is 4.35. The molecule has 0 amide bonds. The van der Waals surface area contributed by atoms with Crippen molar-refractivity contribution in [2.45, 2.75) is 13.3 Å². The highest BCUT2D eigenvalue weighted by Crippen LogP contribution is 2.22. The van der Waals surface area contributed by atoms with Gasteiger partial charge in [0.15, 0.2) is 0 Å². The monoisotopic (exact) mass is 270 g/mol. The number of benzene rings is 1. The molecule has 0 saturated heterocycles. The number of aryl methyl sites for hydroxylation is 1. The number of hydrogen-bond acceptors (Lipinski definition) is 4. The summed E-state index contributed by atoms with van der Waals surface area (Å²) in [6.07, 6.45) is 2.62. The molecule has 104 valence electrons. The summed E-state index contributed by atoms with van der Waals surface area (Å²) in [7, 11) is 3.29. The standard InChI is InChI=1S/C16H18N2O2/c1-4-12-5-7-14(8-6-12)18(2)15-11-13(9-10-17-15)16(19)20-3/h5-11H,4H2,1-3H3. The predicted octanol–water partition coefficient (Wildman–Crippen LogP) is 3.20. The molecule has 4 heteroatoms. The number of carbonyl (C=O) groups is 1. The minimum Gasteiger partial charge on any atom is -0.465 e. The van der Waals surface area contributed by atoms with E-state index in [1.165, 1.54) is 12.7 Å². The molecule has 1 heterocycles.